The zero-order chi connectivity index (χ0) is 17.2. The molecule has 0 N–H and O–H groups in total. The predicted molar refractivity (Wildman–Crippen MR) is 82.9 cm³/mol. The molecular weight excluding hydrogens is 323 g/mol. The maximum Gasteiger partial charge on any atom is 0.270 e. The van der Waals surface area contributed by atoms with E-state index < -0.39 is 20.8 Å². The average molecular weight is 338 g/mol. The normalized spacial score (nSPS) is 11.7. The molecule has 0 unspecified atom stereocenters. The Morgan fingerprint density at radius 3 is 2.52 bits per heavy atom. The highest BCUT2D eigenvalue weighted by atomic mass is 32.2. The quantitative estimate of drug-likeness (QED) is 0.620. The SMILES string of the molecule is Cc1ccc([N+](=O)[O-])cc1S(=O)(=O)N(C)Cc1cccc(F)c1. The molecule has 2 aromatic rings. The van der Waals surface area contributed by atoms with Gasteiger partial charge in [-0.15, -0.1) is 0 Å². The van der Waals surface area contributed by atoms with Crippen LogP contribution in [0.4, 0.5) is 10.1 Å². The van der Waals surface area contributed by atoms with Gasteiger partial charge >= 0.3 is 0 Å². The van der Waals surface area contributed by atoms with Gasteiger partial charge in [-0.05, 0) is 30.2 Å². The van der Waals surface area contributed by atoms with Crippen molar-refractivity contribution in [3.8, 4) is 0 Å². The van der Waals surface area contributed by atoms with Crippen LogP contribution in [0.15, 0.2) is 47.4 Å². The Balaban J connectivity index is 2.37. The third-order valence-electron chi connectivity index (χ3n) is 3.37. The van der Waals surface area contributed by atoms with Crippen LogP contribution in [0.3, 0.4) is 0 Å². The summed E-state index contributed by atoms with van der Waals surface area (Å²) in [6.45, 7) is 1.52. The molecule has 0 saturated heterocycles. The Bertz CT molecular complexity index is 852. The third kappa shape index (κ3) is 3.72. The van der Waals surface area contributed by atoms with Gasteiger partial charge in [-0.2, -0.15) is 4.31 Å². The monoisotopic (exact) mass is 338 g/mol. The number of sulfonamides is 1. The fourth-order valence-electron chi connectivity index (χ4n) is 2.13. The van der Waals surface area contributed by atoms with E-state index in [0.29, 0.717) is 11.1 Å². The van der Waals surface area contributed by atoms with E-state index in [1.807, 2.05) is 0 Å². The summed E-state index contributed by atoms with van der Waals surface area (Å²) >= 11 is 0. The molecule has 0 aliphatic heterocycles. The Labute approximate surface area is 133 Å². The molecule has 122 valence electrons. The number of nitrogens with zero attached hydrogens (tertiary/aromatic N) is 2. The standard InChI is InChI=1S/C15H15FN2O4S/c1-11-6-7-14(18(19)20)9-15(11)23(21,22)17(2)10-12-4-3-5-13(16)8-12/h3-9H,10H2,1-2H3. The van der Waals surface area contributed by atoms with Gasteiger partial charge in [0.2, 0.25) is 10.0 Å². The zero-order valence-corrected chi connectivity index (χ0v) is 13.4. The van der Waals surface area contributed by atoms with Crippen molar-refractivity contribution in [1.29, 1.82) is 0 Å². The highest BCUT2D eigenvalue weighted by Gasteiger charge is 2.25. The molecule has 0 aliphatic carbocycles. The van der Waals surface area contributed by atoms with Crippen molar-refractivity contribution in [3.63, 3.8) is 0 Å². The topological polar surface area (TPSA) is 80.5 Å². The molecule has 0 aromatic heterocycles. The molecule has 6 nitrogen and oxygen atoms in total. The summed E-state index contributed by atoms with van der Waals surface area (Å²) < 4.78 is 39.5. The smallest absolute Gasteiger partial charge is 0.258 e. The molecule has 0 atom stereocenters. The number of benzene rings is 2. The van der Waals surface area contributed by atoms with Crippen LogP contribution in [0.2, 0.25) is 0 Å². The molecule has 0 radical (unpaired) electrons. The van der Waals surface area contributed by atoms with Crippen LogP contribution >= 0.6 is 0 Å². The van der Waals surface area contributed by atoms with E-state index >= 15 is 0 Å². The van der Waals surface area contributed by atoms with Crippen LogP contribution in [0.1, 0.15) is 11.1 Å². The first kappa shape index (κ1) is 17.0. The van der Waals surface area contributed by atoms with Crippen LogP contribution in [-0.2, 0) is 16.6 Å². The number of halogens is 1. The van der Waals surface area contributed by atoms with Gasteiger partial charge in [0.15, 0.2) is 0 Å². The minimum absolute atomic E-state index is 0.0395. The number of nitro groups is 1. The molecule has 0 fully saturated rings. The van der Waals surface area contributed by atoms with Crippen molar-refractivity contribution in [2.45, 2.75) is 18.4 Å². The minimum Gasteiger partial charge on any atom is -0.258 e. The van der Waals surface area contributed by atoms with Crippen LogP contribution < -0.4 is 0 Å². The second-order valence-electron chi connectivity index (χ2n) is 5.10. The van der Waals surface area contributed by atoms with Crippen molar-refractivity contribution in [3.05, 3.63) is 69.5 Å². The summed E-state index contributed by atoms with van der Waals surface area (Å²) in [5, 5.41) is 10.8. The molecule has 8 heteroatoms. The first-order chi connectivity index (χ1) is 10.7. The fraction of sp³-hybridized carbons (Fsp3) is 0.200. The maximum atomic E-state index is 13.2. The van der Waals surface area contributed by atoms with Gasteiger partial charge in [-0.25, -0.2) is 12.8 Å². The lowest BCUT2D eigenvalue weighted by molar-refractivity contribution is -0.385. The van der Waals surface area contributed by atoms with E-state index in [0.717, 1.165) is 10.4 Å². The Morgan fingerprint density at radius 1 is 1.22 bits per heavy atom. The molecule has 0 amide bonds. The molecule has 0 spiro atoms. The van der Waals surface area contributed by atoms with Crippen LogP contribution in [0.5, 0.6) is 0 Å². The highest BCUT2D eigenvalue weighted by molar-refractivity contribution is 7.89. The number of hydrogen-bond acceptors (Lipinski definition) is 4. The lowest BCUT2D eigenvalue weighted by atomic mass is 10.2. The largest absolute Gasteiger partial charge is 0.270 e. The van der Waals surface area contributed by atoms with Gasteiger partial charge in [0.25, 0.3) is 5.69 Å². The van der Waals surface area contributed by atoms with Crippen molar-refractivity contribution in [2.24, 2.45) is 0 Å². The second-order valence-corrected chi connectivity index (χ2v) is 7.11. The summed E-state index contributed by atoms with van der Waals surface area (Å²) in [6.07, 6.45) is 0. The molecule has 2 rings (SSSR count). The zero-order valence-electron chi connectivity index (χ0n) is 12.6. The number of non-ortho nitro benzene ring substituents is 1. The van der Waals surface area contributed by atoms with E-state index in [4.69, 9.17) is 0 Å². The van der Waals surface area contributed by atoms with E-state index in [2.05, 4.69) is 0 Å². The van der Waals surface area contributed by atoms with Gasteiger partial charge < -0.3 is 0 Å². The van der Waals surface area contributed by atoms with E-state index in [1.54, 1.807) is 13.0 Å². The average Bonchev–Trinajstić information content (AvgIpc) is 2.47. The van der Waals surface area contributed by atoms with Crippen molar-refractivity contribution in [1.82, 2.24) is 4.31 Å². The van der Waals surface area contributed by atoms with Crippen LogP contribution in [0.25, 0.3) is 0 Å². The number of rotatable bonds is 5. The van der Waals surface area contributed by atoms with Crippen molar-refractivity contribution < 1.29 is 17.7 Å². The number of aryl methyl sites for hydroxylation is 1. The molecule has 2 aromatic carbocycles. The molecule has 0 bridgehead atoms. The molecule has 0 saturated carbocycles. The Hall–Kier alpha value is -2.32. The maximum absolute atomic E-state index is 13.2. The van der Waals surface area contributed by atoms with Crippen molar-refractivity contribution >= 4 is 15.7 Å². The van der Waals surface area contributed by atoms with Crippen molar-refractivity contribution in [2.75, 3.05) is 7.05 Å². The Morgan fingerprint density at radius 2 is 1.91 bits per heavy atom. The second kappa shape index (κ2) is 6.43. The first-order valence-corrected chi connectivity index (χ1v) is 8.11. The van der Waals surface area contributed by atoms with E-state index in [1.165, 1.54) is 37.4 Å². The summed E-state index contributed by atoms with van der Waals surface area (Å²) in [7, 11) is -2.58. The molecule has 0 heterocycles. The summed E-state index contributed by atoms with van der Waals surface area (Å²) in [6, 6.07) is 9.28. The summed E-state index contributed by atoms with van der Waals surface area (Å²) in [5.74, 6) is -0.458. The number of nitro benzene ring substituents is 1. The Kier molecular flexibility index (Phi) is 4.76. The minimum atomic E-state index is -3.93. The van der Waals surface area contributed by atoms with Crippen LogP contribution in [0, 0.1) is 22.9 Å². The van der Waals surface area contributed by atoms with Gasteiger partial charge in [-0.1, -0.05) is 18.2 Å². The van der Waals surface area contributed by atoms with Gasteiger partial charge in [0.05, 0.1) is 9.82 Å². The number of hydrogen-bond donors (Lipinski definition) is 0. The predicted octanol–water partition coefficient (Wildman–Crippen LogP) is 2.86. The first-order valence-electron chi connectivity index (χ1n) is 6.67. The third-order valence-corrected chi connectivity index (χ3v) is 5.31. The van der Waals surface area contributed by atoms with E-state index in [-0.39, 0.29) is 17.1 Å². The highest BCUT2D eigenvalue weighted by Crippen LogP contribution is 2.25. The lowest BCUT2D eigenvalue weighted by Crippen LogP contribution is -2.27. The molecule has 0 aliphatic rings. The molecule has 23 heavy (non-hydrogen) atoms. The lowest BCUT2D eigenvalue weighted by Gasteiger charge is -2.18. The van der Waals surface area contributed by atoms with E-state index in [9.17, 15) is 22.9 Å². The summed E-state index contributed by atoms with van der Waals surface area (Å²) in [4.78, 5) is 10.1. The fourth-order valence-corrected chi connectivity index (χ4v) is 3.52. The molecular formula is C15H15FN2O4S. The van der Waals surface area contributed by atoms with Gasteiger partial charge in [0, 0.05) is 25.7 Å². The van der Waals surface area contributed by atoms with Gasteiger partial charge in [-0.3, -0.25) is 10.1 Å². The van der Waals surface area contributed by atoms with Crippen LogP contribution in [-0.4, -0.2) is 24.7 Å². The summed E-state index contributed by atoms with van der Waals surface area (Å²) in [5.41, 5.74) is 0.592. The van der Waals surface area contributed by atoms with Gasteiger partial charge in [0.1, 0.15) is 5.82 Å².